The number of ether oxygens (including phenoxy) is 1. The van der Waals surface area contributed by atoms with Crippen LogP contribution in [0.25, 0.3) is 0 Å². The second kappa shape index (κ2) is 6.92. The summed E-state index contributed by atoms with van der Waals surface area (Å²) in [5.41, 5.74) is 0.0337. The lowest BCUT2D eigenvalue weighted by molar-refractivity contribution is 0.0856. The maximum absolute atomic E-state index is 12.0. The van der Waals surface area contributed by atoms with Crippen LogP contribution in [0.4, 0.5) is 4.79 Å². The summed E-state index contributed by atoms with van der Waals surface area (Å²) in [6.45, 7) is 3.23. The second-order valence-corrected chi connectivity index (χ2v) is 4.87. The van der Waals surface area contributed by atoms with Crippen LogP contribution in [0.1, 0.15) is 30.3 Å². The van der Waals surface area contributed by atoms with Gasteiger partial charge in [0, 0.05) is 37.5 Å². The summed E-state index contributed by atoms with van der Waals surface area (Å²) in [6, 6.07) is 2.62. The van der Waals surface area contributed by atoms with E-state index in [0.29, 0.717) is 32.5 Å². The first-order valence-electron chi connectivity index (χ1n) is 7.01. The zero-order chi connectivity index (χ0) is 15.2. The van der Waals surface area contributed by atoms with Gasteiger partial charge < -0.3 is 19.9 Å². The summed E-state index contributed by atoms with van der Waals surface area (Å²) >= 11 is 0. The fraction of sp³-hybridized carbons (Fsp3) is 0.500. The molecule has 2 heterocycles. The van der Waals surface area contributed by atoms with Gasteiger partial charge in [-0.3, -0.25) is 9.59 Å². The number of piperidine rings is 1. The lowest BCUT2D eigenvalue weighted by Gasteiger charge is -2.31. The highest BCUT2D eigenvalue weighted by Crippen LogP contribution is 2.12. The van der Waals surface area contributed by atoms with Crippen LogP contribution in [0.5, 0.6) is 0 Å². The molecule has 7 nitrogen and oxygen atoms in total. The predicted molar refractivity (Wildman–Crippen MR) is 76.1 cm³/mol. The molecule has 0 atom stereocenters. The molecule has 0 bridgehead atoms. The molecule has 0 spiro atoms. The van der Waals surface area contributed by atoms with Crippen molar-refractivity contribution in [3.8, 4) is 0 Å². The van der Waals surface area contributed by atoms with Crippen molar-refractivity contribution >= 4 is 12.0 Å². The Kier molecular flexibility index (Phi) is 4.97. The van der Waals surface area contributed by atoms with E-state index in [0.717, 1.165) is 0 Å². The van der Waals surface area contributed by atoms with Crippen molar-refractivity contribution in [3.63, 3.8) is 0 Å². The van der Waals surface area contributed by atoms with Crippen LogP contribution in [0, 0.1) is 0 Å². The van der Waals surface area contributed by atoms with Crippen LogP contribution in [-0.4, -0.2) is 47.6 Å². The van der Waals surface area contributed by atoms with E-state index in [1.54, 1.807) is 11.8 Å². The van der Waals surface area contributed by atoms with Crippen LogP contribution in [0.2, 0.25) is 0 Å². The molecule has 0 saturated carbocycles. The van der Waals surface area contributed by atoms with Gasteiger partial charge in [-0.2, -0.15) is 0 Å². The summed E-state index contributed by atoms with van der Waals surface area (Å²) in [5, 5.41) is 2.87. The molecule has 2 rings (SSSR count). The minimum atomic E-state index is -0.310. The largest absolute Gasteiger partial charge is 0.450 e. The summed E-state index contributed by atoms with van der Waals surface area (Å²) < 4.78 is 4.94. The Hall–Kier alpha value is -2.31. The number of aromatic amines is 1. The normalized spacial score (nSPS) is 15.6. The van der Waals surface area contributed by atoms with Gasteiger partial charge in [-0.05, 0) is 19.8 Å². The zero-order valence-corrected chi connectivity index (χ0v) is 11.9. The Morgan fingerprint density at radius 1 is 1.43 bits per heavy atom. The second-order valence-electron chi connectivity index (χ2n) is 4.87. The molecule has 0 aliphatic carbocycles. The summed E-state index contributed by atoms with van der Waals surface area (Å²) in [5.74, 6) is -0.303. The third-order valence-corrected chi connectivity index (χ3v) is 3.37. The van der Waals surface area contributed by atoms with E-state index in [-0.39, 0.29) is 29.2 Å². The van der Waals surface area contributed by atoms with Gasteiger partial charge in [0.1, 0.15) is 5.69 Å². The average Bonchev–Trinajstić information content (AvgIpc) is 2.48. The quantitative estimate of drug-likeness (QED) is 0.859. The van der Waals surface area contributed by atoms with Crippen molar-refractivity contribution < 1.29 is 14.3 Å². The molecule has 7 heteroatoms. The molecule has 0 unspecified atom stereocenters. The topological polar surface area (TPSA) is 91.5 Å². The molecular formula is C14H19N3O4. The highest BCUT2D eigenvalue weighted by Gasteiger charge is 2.24. The molecule has 1 aliphatic rings. The number of carbonyl (C=O) groups excluding carboxylic acids is 2. The van der Waals surface area contributed by atoms with Gasteiger partial charge in [0.25, 0.3) is 5.91 Å². The van der Waals surface area contributed by atoms with E-state index >= 15 is 0 Å². The van der Waals surface area contributed by atoms with Crippen molar-refractivity contribution in [1.82, 2.24) is 15.2 Å². The van der Waals surface area contributed by atoms with E-state index in [1.165, 1.54) is 18.3 Å². The summed E-state index contributed by atoms with van der Waals surface area (Å²) in [6.07, 6.45) is 2.47. The fourth-order valence-electron chi connectivity index (χ4n) is 2.26. The van der Waals surface area contributed by atoms with Gasteiger partial charge in [-0.15, -0.1) is 0 Å². The number of hydrogen-bond acceptors (Lipinski definition) is 4. The molecule has 1 aromatic heterocycles. The monoisotopic (exact) mass is 293 g/mol. The highest BCUT2D eigenvalue weighted by atomic mass is 16.6. The molecule has 1 aliphatic heterocycles. The molecule has 0 aromatic carbocycles. The van der Waals surface area contributed by atoms with Crippen LogP contribution in [0.15, 0.2) is 23.1 Å². The van der Waals surface area contributed by atoms with E-state index in [9.17, 15) is 14.4 Å². The minimum Gasteiger partial charge on any atom is -0.450 e. The molecule has 1 aromatic rings. The number of hydrogen-bond donors (Lipinski definition) is 2. The van der Waals surface area contributed by atoms with Gasteiger partial charge in [-0.25, -0.2) is 4.79 Å². The van der Waals surface area contributed by atoms with Gasteiger partial charge >= 0.3 is 6.09 Å². The summed E-state index contributed by atoms with van der Waals surface area (Å²) in [4.78, 5) is 39.1. The number of pyridine rings is 1. The maximum Gasteiger partial charge on any atom is 0.409 e. The van der Waals surface area contributed by atoms with Crippen LogP contribution in [-0.2, 0) is 4.74 Å². The number of amides is 2. The maximum atomic E-state index is 12.0. The lowest BCUT2D eigenvalue weighted by atomic mass is 10.1. The third kappa shape index (κ3) is 4.08. The average molecular weight is 293 g/mol. The van der Waals surface area contributed by atoms with Crippen LogP contribution >= 0.6 is 0 Å². The van der Waals surface area contributed by atoms with Crippen molar-refractivity contribution in [2.45, 2.75) is 25.8 Å². The Labute approximate surface area is 122 Å². The third-order valence-electron chi connectivity index (χ3n) is 3.37. The Morgan fingerprint density at radius 2 is 2.14 bits per heavy atom. The lowest BCUT2D eigenvalue weighted by Crippen LogP contribution is -2.46. The Morgan fingerprint density at radius 3 is 2.76 bits per heavy atom. The standard InChI is InChI=1S/C14H19N3O4/c1-2-21-14(20)17-7-4-10(5-8-17)16-13(19)12-9-11(18)3-6-15-12/h3,6,9-10H,2,4-5,7-8H2,1H3,(H,15,18)(H,16,19). The van der Waals surface area contributed by atoms with Gasteiger partial charge in [0.2, 0.25) is 0 Å². The van der Waals surface area contributed by atoms with Gasteiger partial charge in [0.15, 0.2) is 5.43 Å². The number of aromatic nitrogens is 1. The van der Waals surface area contributed by atoms with Crippen molar-refractivity contribution in [3.05, 3.63) is 34.2 Å². The number of carbonyl (C=O) groups is 2. The number of nitrogens with zero attached hydrogens (tertiary/aromatic N) is 1. The SMILES string of the molecule is CCOC(=O)N1CCC(NC(=O)c2cc(=O)cc[nH]2)CC1. The first-order valence-corrected chi connectivity index (χ1v) is 7.01. The van der Waals surface area contributed by atoms with Crippen LogP contribution < -0.4 is 10.7 Å². The first-order chi connectivity index (χ1) is 10.1. The molecule has 2 amide bonds. The van der Waals surface area contributed by atoms with Crippen LogP contribution in [0.3, 0.4) is 0 Å². The number of likely N-dealkylation sites (tertiary alicyclic amines) is 1. The Bertz CT molecular complexity index is 561. The smallest absolute Gasteiger partial charge is 0.409 e. The van der Waals surface area contributed by atoms with Crippen molar-refractivity contribution in [2.75, 3.05) is 19.7 Å². The predicted octanol–water partition coefficient (Wildman–Crippen LogP) is 0.726. The molecular weight excluding hydrogens is 274 g/mol. The van der Waals surface area contributed by atoms with Gasteiger partial charge in [-0.1, -0.05) is 0 Å². The fourth-order valence-corrected chi connectivity index (χ4v) is 2.26. The van der Waals surface area contributed by atoms with Gasteiger partial charge in [0.05, 0.1) is 6.61 Å². The van der Waals surface area contributed by atoms with E-state index in [1.807, 2.05) is 0 Å². The molecule has 21 heavy (non-hydrogen) atoms. The van der Waals surface area contributed by atoms with Crippen molar-refractivity contribution in [2.24, 2.45) is 0 Å². The number of nitrogens with one attached hydrogen (secondary N) is 2. The molecule has 114 valence electrons. The zero-order valence-electron chi connectivity index (χ0n) is 11.9. The molecule has 2 N–H and O–H groups in total. The number of rotatable bonds is 3. The Balaban J connectivity index is 1.85. The minimum absolute atomic E-state index is 0.00751. The first kappa shape index (κ1) is 15.1. The highest BCUT2D eigenvalue weighted by molar-refractivity contribution is 5.92. The van der Waals surface area contributed by atoms with E-state index < -0.39 is 0 Å². The van der Waals surface area contributed by atoms with Crippen molar-refractivity contribution in [1.29, 1.82) is 0 Å². The molecule has 0 radical (unpaired) electrons. The molecule has 1 fully saturated rings. The number of H-pyrrole nitrogens is 1. The summed E-state index contributed by atoms with van der Waals surface area (Å²) in [7, 11) is 0. The molecule has 1 saturated heterocycles. The van der Waals surface area contributed by atoms with E-state index in [4.69, 9.17) is 4.74 Å². The van der Waals surface area contributed by atoms with E-state index in [2.05, 4.69) is 10.3 Å².